The number of pyridine rings is 1. The van der Waals surface area contributed by atoms with E-state index in [0.29, 0.717) is 6.04 Å². The van der Waals surface area contributed by atoms with Crippen LogP contribution in [0.5, 0.6) is 0 Å². The summed E-state index contributed by atoms with van der Waals surface area (Å²) in [5, 5.41) is 4.38. The van der Waals surface area contributed by atoms with Crippen LogP contribution in [-0.2, 0) is 0 Å². The topological polar surface area (TPSA) is 36.3 Å². The molecule has 6 heteroatoms. The molecule has 0 unspecified atom stereocenters. The lowest BCUT2D eigenvalue weighted by Crippen LogP contribution is -2.35. The average molecular weight is 398 g/mol. The first-order valence-electron chi connectivity index (χ1n) is 10.4. The second-order valence-electron chi connectivity index (χ2n) is 8.31. The molecule has 1 aliphatic heterocycles. The summed E-state index contributed by atoms with van der Waals surface area (Å²) in [6.07, 6.45) is 13.2. The van der Waals surface area contributed by atoms with Gasteiger partial charge in [0, 0.05) is 37.7 Å². The van der Waals surface area contributed by atoms with Gasteiger partial charge in [-0.25, -0.2) is 0 Å². The highest BCUT2D eigenvalue weighted by molar-refractivity contribution is 7.80. The fourth-order valence-corrected chi connectivity index (χ4v) is 4.86. The maximum Gasteiger partial charge on any atom is 0.170 e. The molecule has 1 saturated heterocycles. The van der Waals surface area contributed by atoms with E-state index < -0.39 is 0 Å². The minimum atomic E-state index is 0.0815. The molecule has 2 atom stereocenters. The summed E-state index contributed by atoms with van der Waals surface area (Å²) in [7, 11) is 4.22. The Labute approximate surface area is 173 Å². The van der Waals surface area contributed by atoms with Gasteiger partial charge in [0.2, 0.25) is 0 Å². The summed E-state index contributed by atoms with van der Waals surface area (Å²) in [5.41, 5.74) is 2.37. The molecule has 2 aromatic rings. The van der Waals surface area contributed by atoms with Gasteiger partial charge in [0.1, 0.15) is 0 Å². The average Bonchev–Trinajstić information content (AvgIpc) is 3.32. The molecule has 0 aromatic carbocycles. The molecule has 0 radical (unpaired) electrons. The molecule has 1 aliphatic carbocycles. The predicted octanol–water partition coefficient (Wildman–Crippen LogP) is 3.92. The van der Waals surface area contributed by atoms with E-state index in [1.165, 1.54) is 37.7 Å². The van der Waals surface area contributed by atoms with E-state index in [-0.39, 0.29) is 12.1 Å². The largest absolute Gasteiger partial charge is 0.352 e. The number of rotatable bonds is 6. The van der Waals surface area contributed by atoms with Gasteiger partial charge in [-0.3, -0.25) is 4.98 Å². The van der Waals surface area contributed by atoms with Crippen molar-refractivity contribution in [3.63, 3.8) is 0 Å². The number of hydrogen-bond donors (Lipinski definition) is 1. The van der Waals surface area contributed by atoms with Gasteiger partial charge >= 0.3 is 0 Å². The zero-order valence-corrected chi connectivity index (χ0v) is 17.7. The second kappa shape index (κ2) is 8.62. The highest BCUT2D eigenvalue weighted by Crippen LogP contribution is 2.39. The van der Waals surface area contributed by atoms with Gasteiger partial charge in [-0.1, -0.05) is 25.3 Å². The lowest BCUT2D eigenvalue weighted by Gasteiger charge is -2.28. The lowest BCUT2D eigenvalue weighted by atomic mass is 9.95. The molecule has 5 nitrogen and oxygen atoms in total. The monoisotopic (exact) mass is 397 g/mol. The van der Waals surface area contributed by atoms with Gasteiger partial charge in [0.25, 0.3) is 0 Å². The quantitative estimate of drug-likeness (QED) is 0.748. The third kappa shape index (κ3) is 4.08. The number of likely N-dealkylation sites (N-methyl/N-ethyl adjacent to an activating group) is 1. The van der Waals surface area contributed by atoms with Crippen molar-refractivity contribution < 1.29 is 0 Å². The van der Waals surface area contributed by atoms with Gasteiger partial charge in [0.15, 0.2) is 5.11 Å². The molecule has 150 valence electrons. The first-order chi connectivity index (χ1) is 13.6. The van der Waals surface area contributed by atoms with Crippen molar-refractivity contribution in [2.45, 2.75) is 50.2 Å². The lowest BCUT2D eigenvalue weighted by molar-refractivity contribution is 0.277. The fourth-order valence-electron chi connectivity index (χ4n) is 4.53. The summed E-state index contributed by atoms with van der Waals surface area (Å²) in [6.45, 7) is 1.87. The van der Waals surface area contributed by atoms with Crippen LogP contribution in [0.3, 0.4) is 0 Å². The first kappa shape index (κ1) is 19.4. The molecule has 0 amide bonds. The molecule has 2 fully saturated rings. The number of hydrogen-bond acceptors (Lipinski definition) is 3. The molecule has 2 aliphatic rings. The smallest absolute Gasteiger partial charge is 0.170 e. The van der Waals surface area contributed by atoms with Crippen LogP contribution in [0.1, 0.15) is 61.5 Å². The highest BCUT2D eigenvalue weighted by atomic mass is 32.1. The third-order valence-corrected chi connectivity index (χ3v) is 6.41. The number of nitrogens with zero attached hydrogens (tertiary/aromatic N) is 4. The van der Waals surface area contributed by atoms with Gasteiger partial charge in [-0.05, 0) is 62.9 Å². The Morgan fingerprint density at radius 3 is 2.71 bits per heavy atom. The van der Waals surface area contributed by atoms with Crippen molar-refractivity contribution in [2.24, 2.45) is 0 Å². The Bertz CT molecular complexity index is 781. The maximum atomic E-state index is 5.74. The Morgan fingerprint density at radius 1 is 1.18 bits per heavy atom. The molecular formula is C22H31N5S. The molecule has 0 spiro atoms. The van der Waals surface area contributed by atoms with E-state index in [2.05, 4.69) is 69.4 Å². The van der Waals surface area contributed by atoms with E-state index in [0.717, 1.165) is 23.9 Å². The molecule has 3 heterocycles. The van der Waals surface area contributed by atoms with Crippen LogP contribution >= 0.6 is 12.2 Å². The van der Waals surface area contributed by atoms with Crippen LogP contribution < -0.4 is 5.32 Å². The van der Waals surface area contributed by atoms with E-state index in [4.69, 9.17) is 12.2 Å². The zero-order chi connectivity index (χ0) is 19.5. The summed E-state index contributed by atoms with van der Waals surface area (Å²) in [5.74, 6) is 0. The normalized spacial score (nSPS) is 23.4. The third-order valence-electron chi connectivity index (χ3n) is 6.06. The van der Waals surface area contributed by atoms with Crippen LogP contribution in [0.2, 0.25) is 0 Å². The molecule has 1 N–H and O–H groups in total. The number of thiocarbonyl (C=S) groups is 1. The van der Waals surface area contributed by atoms with E-state index in [1.807, 2.05) is 12.3 Å². The number of aromatic nitrogens is 2. The summed E-state index contributed by atoms with van der Waals surface area (Å²) >= 11 is 5.74. The minimum absolute atomic E-state index is 0.0815. The van der Waals surface area contributed by atoms with Gasteiger partial charge in [0.05, 0.1) is 17.8 Å². The Morgan fingerprint density at radius 2 is 2.00 bits per heavy atom. The fraction of sp³-hybridized carbons (Fsp3) is 0.545. The van der Waals surface area contributed by atoms with Crippen LogP contribution in [0, 0.1) is 0 Å². The Hall–Kier alpha value is -1.92. The highest BCUT2D eigenvalue weighted by Gasteiger charge is 2.40. The molecule has 28 heavy (non-hydrogen) atoms. The molecular weight excluding hydrogens is 366 g/mol. The van der Waals surface area contributed by atoms with Gasteiger partial charge < -0.3 is 19.7 Å². The SMILES string of the molecule is CN(C)CCN1C(=S)N[C@@H](c2ccccn2)[C@H]1c1ccn(C2CCCCC2)c1. The van der Waals surface area contributed by atoms with Crippen LogP contribution in [0.4, 0.5) is 0 Å². The standard InChI is InChI=1S/C22H31N5S/c1-25(2)14-15-27-21(20(24-22(27)28)19-10-6-7-12-23-19)17-11-13-26(16-17)18-8-4-3-5-9-18/h6-7,10-13,16,18,20-21H,3-5,8-9,14-15H2,1-2H3,(H,24,28)/t20-,21+/m0/s1. The molecule has 0 bridgehead atoms. The zero-order valence-electron chi connectivity index (χ0n) is 16.9. The van der Waals surface area contributed by atoms with Crippen molar-refractivity contribution in [1.82, 2.24) is 24.7 Å². The Kier molecular flexibility index (Phi) is 5.97. The molecule has 1 saturated carbocycles. The van der Waals surface area contributed by atoms with Crippen molar-refractivity contribution >= 4 is 17.3 Å². The molecule has 4 rings (SSSR count). The number of nitrogens with one attached hydrogen (secondary N) is 1. The van der Waals surface area contributed by atoms with E-state index in [9.17, 15) is 0 Å². The molecule has 2 aromatic heterocycles. The van der Waals surface area contributed by atoms with E-state index in [1.54, 1.807) is 0 Å². The first-order valence-corrected chi connectivity index (χ1v) is 10.8. The van der Waals surface area contributed by atoms with Gasteiger partial charge in [-0.2, -0.15) is 0 Å². The van der Waals surface area contributed by atoms with Crippen LogP contribution in [-0.4, -0.2) is 51.6 Å². The van der Waals surface area contributed by atoms with Crippen molar-refractivity contribution in [3.05, 3.63) is 54.1 Å². The second-order valence-corrected chi connectivity index (χ2v) is 8.69. The maximum absolute atomic E-state index is 5.74. The van der Waals surface area contributed by atoms with Crippen molar-refractivity contribution in [2.75, 3.05) is 27.2 Å². The Balaban J connectivity index is 1.63. The van der Waals surface area contributed by atoms with Crippen LogP contribution in [0.15, 0.2) is 42.9 Å². The van der Waals surface area contributed by atoms with Crippen LogP contribution in [0.25, 0.3) is 0 Å². The predicted molar refractivity (Wildman–Crippen MR) is 117 cm³/mol. The van der Waals surface area contributed by atoms with Crippen molar-refractivity contribution in [3.8, 4) is 0 Å². The summed E-state index contributed by atoms with van der Waals surface area (Å²) < 4.78 is 2.44. The summed E-state index contributed by atoms with van der Waals surface area (Å²) in [4.78, 5) is 9.18. The van der Waals surface area contributed by atoms with Gasteiger partial charge in [-0.15, -0.1) is 0 Å². The summed E-state index contributed by atoms with van der Waals surface area (Å²) in [6, 6.07) is 9.31. The van der Waals surface area contributed by atoms with Crippen molar-refractivity contribution in [1.29, 1.82) is 0 Å². The minimum Gasteiger partial charge on any atom is -0.352 e. The van der Waals surface area contributed by atoms with E-state index >= 15 is 0 Å².